The first-order valence-corrected chi connectivity index (χ1v) is 11.3. The Kier molecular flexibility index (Phi) is 4.11. The van der Waals surface area contributed by atoms with Gasteiger partial charge in [-0.05, 0) is 32.1 Å². The van der Waals surface area contributed by atoms with E-state index >= 15 is 0 Å². The van der Waals surface area contributed by atoms with Crippen LogP contribution in [0, 0.1) is 0 Å². The summed E-state index contributed by atoms with van der Waals surface area (Å²) in [7, 11) is -1.27. The van der Waals surface area contributed by atoms with Gasteiger partial charge in [-0.25, -0.2) is 8.42 Å². The van der Waals surface area contributed by atoms with E-state index in [9.17, 15) is 13.2 Å². The summed E-state index contributed by atoms with van der Waals surface area (Å²) in [5.41, 5.74) is 0. The monoisotopic (exact) mass is 370 g/mol. The summed E-state index contributed by atoms with van der Waals surface area (Å²) in [4.78, 5) is 14.0. The van der Waals surface area contributed by atoms with Gasteiger partial charge in [-0.2, -0.15) is 0 Å². The van der Waals surface area contributed by atoms with E-state index in [1.54, 1.807) is 11.9 Å². The van der Waals surface area contributed by atoms with E-state index in [4.69, 9.17) is 0 Å². The summed E-state index contributed by atoms with van der Waals surface area (Å²) < 4.78 is 25.4. The molecule has 0 aromatic carbocycles. The molecule has 1 aliphatic heterocycles. The van der Waals surface area contributed by atoms with Crippen molar-refractivity contribution < 1.29 is 13.2 Å². The zero-order valence-corrected chi connectivity index (χ0v) is 15.4. The second-order valence-corrected chi connectivity index (χ2v) is 10.2. The molecule has 2 saturated carbocycles. The SMILES string of the molecule is CN(C(=O)CSc1nnc(C2CC2)n1C1CC1)[C@@H]1CCS(=O)(=O)C1. The Morgan fingerprint density at radius 1 is 1.25 bits per heavy atom. The Balaban J connectivity index is 1.39. The molecule has 3 aliphatic rings. The lowest BCUT2D eigenvalue weighted by Gasteiger charge is -2.23. The highest BCUT2D eigenvalue weighted by atomic mass is 32.2. The summed E-state index contributed by atoms with van der Waals surface area (Å²) in [5.74, 6) is 2.15. The quantitative estimate of drug-likeness (QED) is 0.700. The van der Waals surface area contributed by atoms with Crippen LogP contribution >= 0.6 is 11.8 Å². The molecule has 4 rings (SSSR count). The lowest BCUT2D eigenvalue weighted by molar-refractivity contribution is -0.128. The minimum Gasteiger partial charge on any atom is -0.341 e. The number of hydrogen-bond donors (Lipinski definition) is 0. The van der Waals surface area contributed by atoms with Gasteiger partial charge in [-0.15, -0.1) is 10.2 Å². The number of amides is 1. The van der Waals surface area contributed by atoms with Crippen molar-refractivity contribution in [3.8, 4) is 0 Å². The maximum atomic E-state index is 12.4. The van der Waals surface area contributed by atoms with Crippen LogP contribution in [0.2, 0.25) is 0 Å². The van der Waals surface area contributed by atoms with E-state index in [1.807, 2.05) is 0 Å². The van der Waals surface area contributed by atoms with Crippen LogP contribution in [-0.4, -0.2) is 64.3 Å². The second-order valence-electron chi connectivity index (χ2n) is 7.07. The van der Waals surface area contributed by atoms with Gasteiger partial charge in [-0.3, -0.25) is 4.79 Å². The lowest BCUT2D eigenvalue weighted by atomic mass is 10.2. The van der Waals surface area contributed by atoms with Crippen molar-refractivity contribution in [3.63, 3.8) is 0 Å². The Labute approximate surface area is 146 Å². The highest BCUT2D eigenvalue weighted by molar-refractivity contribution is 7.99. The highest BCUT2D eigenvalue weighted by Gasteiger charge is 2.37. The normalized spacial score (nSPS) is 25.8. The van der Waals surface area contributed by atoms with Crippen LogP contribution in [0.5, 0.6) is 0 Å². The molecule has 1 aromatic heterocycles. The molecule has 2 aliphatic carbocycles. The fourth-order valence-electron chi connectivity index (χ4n) is 3.20. The molecule has 1 amide bonds. The molecule has 0 unspecified atom stereocenters. The zero-order chi connectivity index (χ0) is 16.9. The Morgan fingerprint density at radius 2 is 2.00 bits per heavy atom. The average Bonchev–Trinajstić information content (AvgIpc) is 3.47. The lowest BCUT2D eigenvalue weighted by Crippen LogP contribution is -2.38. The molecule has 24 heavy (non-hydrogen) atoms. The van der Waals surface area contributed by atoms with Gasteiger partial charge < -0.3 is 9.47 Å². The summed E-state index contributed by atoms with van der Waals surface area (Å²) in [5, 5.41) is 9.48. The summed E-state index contributed by atoms with van der Waals surface area (Å²) >= 11 is 1.43. The van der Waals surface area contributed by atoms with Crippen molar-refractivity contribution in [3.05, 3.63) is 5.82 Å². The molecule has 1 aromatic rings. The molecule has 2 heterocycles. The summed E-state index contributed by atoms with van der Waals surface area (Å²) in [6.45, 7) is 0. The van der Waals surface area contributed by atoms with Gasteiger partial charge in [0.25, 0.3) is 0 Å². The van der Waals surface area contributed by atoms with Crippen LogP contribution in [0.3, 0.4) is 0 Å². The average molecular weight is 371 g/mol. The first-order valence-electron chi connectivity index (χ1n) is 8.48. The van der Waals surface area contributed by atoms with Gasteiger partial charge in [0.05, 0.1) is 17.3 Å². The molecule has 0 N–H and O–H groups in total. The maximum Gasteiger partial charge on any atom is 0.233 e. The summed E-state index contributed by atoms with van der Waals surface area (Å²) in [6, 6.07) is 0.317. The zero-order valence-electron chi connectivity index (χ0n) is 13.7. The van der Waals surface area contributed by atoms with Crippen molar-refractivity contribution >= 4 is 27.5 Å². The van der Waals surface area contributed by atoms with Gasteiger partial charge in [0.2, 0.25) is 5.91 Å². The van der Waals surface area contributed by atoms with Crippen molar-refractivity contribution in [1.29, 1.82) is 0 Å². The number of aromatic nitrogens is 3. The molecule has 132 valence electrons. The van der Waals surface area contributed by atoms with Crippen molar-refractivity contribution in [2.24, 2.45) is 0 Å². The maximum absolute atomic E-state index is 12.4. The van der Waals surface area contributed by atoms with Gasteiger partial charge >= 0.3 is 0 Å². The third kappa shape index (κ3) is 3.33. The molecule has 1 atom stereocenters. The first kappa shape index (κ1) is 16.4. The van der Waals surface area contributed by atoms with Gasteiger partial charge in [0.1, 0.15) is 5.82 Å². The molecule has 0 bridgehead atoms. The van der Waals surface area contributed by atoms with E-state index in [0.717, 1.165) is 11.0 Å². The van der Waals surface area contributed by atoms with Crippen molar-refractivity contribution in [2.45, 2.75) is 55.3 Å². The van der Waals surface area contributed by atoms with Crippen LogP contribution in [0.1, 0.15) is 49.9 Å². The first-order chi connectivity index (χ1) is 11.4. The Bertz CT molecular complexity index is 753. The van der Waals surface area contributed by atoms with E-state index in [2.05, 4.69) is 14.8 Å². The fourth-order valence-corrected chi connectivity index (χ4v) is 5.91. The number of sulfone groups is 1. The molecule has 7 nitrogen and oxygen atoms in total. The minimum absolute atomic E-state index is 0.0413. The van der Waals surface area contributed by atoms with Crippen molar-refractivity contribution in [1.82, 2.24) is 19.7 Å². The number of carbonyl (C=O) groups excluding carboxylic acids is 1. The van der Waals surface area contributed by atoms with Crippen LogP contribution in [0.25, 0.3) is 0 Å². The molecule has 9 heteroatoms. The topological polar surface area (TPSA) is 85.2 Å². The molecule has 0 spiro atoms. The number of hydrogen-bond acceptors (Lipinski definition) is 6. The van der Waals surface area contributed by atoms with E-state index in [-0.39, 0.29) is 29.2 Å². The molecular formula is C15H22N4O3S2. The second kappa shape index (κ2) is 6.01. The predicted octanol–water partition coefficient (Wildman–Crippen LogP) is 1.23. The van der Waals surface area contributed by atoms with Gasteiger partial charge in [0, 0.05) is 25.0 Å². The third-order valence-corrected chi connectivity index (χ3v) is 7.70. The highest BCUT2D eigenvalue weighted by Crippen LogP contribution is 2.46. The van der Waals surface area contributed by atoms with E-state index in [0.29, 0.717) is 18.4 Å². The van der Waals surface area contributed by atoms with Gasteiger partial charge in [-0.1, -0.05) is 11.8 Å². The molecule has 3 fully saturated rings. The smallest absolute Gasteiger partial charge is 0.233 e. The van der Waals surface area contributed by atoms with Crippen LogP contribution in [0.4, 0.5) is 0 Å². The van der Waals surface area contributed by atoms with E-state index in [1.165, 1.54) is 37.4 Å². The Hall–Kier alpha value is -1.09. The van der Waals surface area contributed by atoms with Crippen molar-refractivity contribution in [2.75, 3.05) is 24.3 Å². The summed E-state index contributed by atoms with van der Waals surface area (Å²) in [6.07, 6.45) is 5.25. The Morgan fingerprint density at radius 3 is 2.58 bits per heavy atom. The minimum atomic E-state index is -2.98. The predicted molar refractivity (Wildman–Crippen MR) is 90.8 cm³/mol. The molecule has 1 saturated heterocycles. The third-order valence-electron chi connectivity index (χ3n) is 5.02. The van der Waals surface area contributed by atoms with Gasteiger partial charge in [0.15, 0.2) is 15.0 Å². The number of nitrogens with zero attached hydrogens (tertiary/aromatic N) is 4. The number of thioether (sulfide) groups is 1. The standard InChI is InChI=1S/C15H22N4O3S2/c1-18(12-6-7-24(21,22)9-12)13(20)8-23-15-17-16-14(10-2-3-10)19(15)11-4-5-11/h10-12H,2-9H2,1H3/t12-/m1/s1. The van der Waals surface area contributed by atoms with E-state index < -0.39 is 9.84 Å². The van der Waals surface area contributed by atoms with Crippen LogP contribution in [-0.2, 0) is 14.6 Å². The molecule has 0 radical (unpaired) electrons. The fraction of sp³-hybridized carbons (Fsp3) is 0.800. The largest absolute Gasteiger partial charge is 0.341 e. The number of rotatable bonds is 6. The van der Waals surface area contributed by atoms with Crippen LogP contribution in [0.15, 0.2) is 5.16 Å². The molecular weight excluding hydrogens is 348 g/mol. The number of carbonyl (C=O) groups is 1. The van der Waals surface area contributed by atoms with Crippen LogP contribution < -0.4 is 0 Å².